The fourth-order valence-corrected chi connectivity index (χ4v) is 2.51. The summed E-state index contributed by atoms with van der Waals surface area (Å²) in [4.78, 5) is 4.34. The van der Waals surface area contributed by atoms with Gasteiger partial charge in [0.2, 0.25) is 0 Å². The highest BCUT2D eigenvalue weighted by Gasteiger charge is 2.09. The summed E-state index contributed by atoms with van der Waals surface area (Å²) >= 11 is 0. The highest BCUT2D eigenvalue weighted by molar-refractivity contribution is 5.88. The normalized spacial score (nSPS) is 10.6. The minimum absolute atomic E-state index is 0.726. The summed E-state index contributed by atoms with van der Waals surface area (Å²) in [5, 5.41) is 2.20. The van der Waals surface area contributed by atoms with E-state index in [2.05, 4.69) is 29.2 Å². The standard InChI is InChI=1S/C18H17NO2/c1-20-17-9-15-12-19-11-14(16(15)10-18(17)21-2)8-13-6-4-3-5-7-13/h3-7,9-12H,8H2,1-2H3. The van der Waals surface area contributed by atoms with Gasteiger partial charge in [0.15, 0.2) is 11.5 Å². The monoisotopic (exact) mass is 279 g/mol. The third-order valence-corrected chi connectivity index (χ3v) is 3.58. The molecule has 0 unspecified atom stereocenters. The third kappa shape index (κ3) is 2.68. The van der Waals surface area contributed by atoms with Crippen LogP contribution in [0.2, 0.25) is 0 Å². The maximum absolute atomic E-state index is 5.40. The minimum Gasteiger partial charge on any atom is -0.493 e. The lowest BCUT2D eigenvalue weighted by molar-refractivity contribution is 0.356. The highest BCUT2D eigenvalue weighted by Crippen LogP contribution is 2.33. The number of benzene rings is 2. The highest BCUT2D eigenvalue weighted by atomic mass is 16.5. The van der Waals surface area contributed by atoms with Crippen LogP contribution in [0.15, 0.2) is 54.9 Å². The molecule has 0 saturated heterocycles. The molecule has 0 amide bonds. The van der Waals surface area contributed by atoms with Gasteiger partial charge in [-0.2, -0.15) is 0 Å². The predicted molar refractivity (Wildman–Crippen MR) is 84.1 cm³/mol. The van der Waals surface area contributed by atoms with Gasteiger partial charge in [0.1, 0.15) is 0 Å². The summed E-state index contributed by atoms with van der Waals surface area (Å²) < 4.78 is 10.8. The van der Waals surface area contributed by atoms with Crippen molar-refractivity contribution in [2.24, 2.45) is 0 Å². The van der Waals surface area contributed by atoms with Crippen LogP contribution in [0.25, 0.3) is 10.8 Å². The van der Waals surface area contributed by atoms with Crippen molar-refractivity contribution < 1.29 is 9.47 Å². The van der Waals surface area contributed by atoms with Gasteiger partial charge in [-0.25, -0.2) is 0 Å². The van der Waals surface area contributed by atoms with Gasteiger partial charge in [0, 0.05) is 17.8 Å². The molecule has 0 N–H and O–H groups in total. The van der Waals surface area contributed by atoms with Gasteiger partial charge in [-0.05, 0) is 35.1 Å². The quantitative estimate of drug-likeness (QED) is 0.727. The van der Waals surface area contributed by atoms with E-state index in [4.69, 9.17) is 9.47 Å². The second-order valence-corrected chi connectivity index (χ2v) is 4.89. The third-order valence-electron chi connectivity index (χ3n) is 3.58. The zero-order valence-corrected chi connectivity index (χ0v) is 12.2. The maximum atomic E-state index is 5.40. The Labute approximate surface area is 124 Å². The van der Waals surface area contributed by atoms with Gasteiger partial charge in [-0.1, -0.05) is 30.3 Å². The van der Waals surface area contributed by atoms with E-state index in [1.54, 1.807) is 14.2 Å². The molecule has 3 heteroatoms. The Morgan fingerprint density at radius 3 is 2.33 bits per heavy atom. The Kier molecular flexibility index (Phi) is 3.73. The van der Waals surface area contributed by atoms with E-state index in [-0.39, 0.29) is 0 Å². The number of pyridine rings is 1. The van der Waals surface area contributed by atoms with Crippen molar-refractivity contribution in [3.63, 3.8) is 0 Å². The van der Waals surface area contributed by atoms with E-state index < -0.39 is 0 Å². The van der Waals surface area contributed by atoms with Gasteiger partial charge in [-0.3, -0.25) is 4.98 Å². The van der Waals surface area contributed by atoms with Crippen molar-refractivity contribution in [3.05, 3.63) is 66.0 Å². The molecule has 1 heterocycles. The van der Waals surface area contributed by atoms with Crippen molar-refractivity contribution in [1.82, 2.24) is 4.98 Å². The van der Waals surface area contributed by atoms with E-state index in [0.717, 1.165) is 28.7 Å². The molecule has 3 nitrogen and oxygen atoms in total. The molecule has 106 valence electrons. The average Bonchev–Trinajstić information content (AvgIpc) is 2.55. The molecular weight excluding hydrogens is 262 g/mol. The number of rotatable bonds is 4. The molecular formula is C18H17NO2. The first-order valence-electron chi connectivity index (χ1n) is 6.84. The van der Waals surface area contributed by atoms with Crippen molar-refractivity contribution in [1.29, 1.82) is 0 Å². The summed E-state index contributed by atoms with van der Waals surface area (Å²) in [7, 11) is 3.30. The Morgan fingerprint density at radius 2 is 1.62 bits per heavy atom. The number of aromatic nitrogens is 1. The summed E-state index contributed by atoms with van der Waals surface area (Å²) in [5.41, 5.74) is 2.45. The average molecular weight is 279 g/mol. The van der Waals surface area contributed by atoms with Crippen LogP contribution in [-0.4, -0.2) is 19.2 Å². The number of nitrogens with zero attached hydrogens (tertiary/aromatic N) is 1. The molecule has 2 aromatic carbocycles. The molecule has 0 aliphatic heterocycles. The van der Waals surface area contributed by atoms with E-state index in [1.807, 2.05) is 30.6 Å². The Morgan fingerprint density at radius 1 is 0.905 bits per heavy atom. The van der Waals surface area contributed by atoms with Crippen molar-refractivity contribution in [2.75, 3.05) is 14.2 Å². The number of fused-ring (bicyclic) bond motifs is 1. The van der Waals surface area contributed by atoms with Gasteiger partial charge in [-0.15, -0.1) is 0 Å². The van der Waals surface area contributed by atoms with Gasteiger partial charge in [0.05, 0.1) is 14.2 Å². The van der Waals surface area contributed by atoms with E-state index >= 15 is 0 Å². The SMILES string of the molecule is COc1cc2cncc(Cc3ccccc3)c2cc1OC. The largest absolute Gasteiger partial charge is 0.493 e. The molecule has 0 aliphatic rings. The van der Waals surface area contributed by atoms with E-state index in [1.165, 1.54) is 11.1 Å². The molecule has 21 heavy (non-hydrogen) atoms. The predicted octanol–water partition coefficient (Wildman–Crippen LogP) is 3.84. The van der Waals surface area contributed by atoms with Crippen LogP contribution in [-0.2, 0) is 6.42 Å². The van der Waals surface area contributed by atoms with Crippen molar-refractivity contribution in [2.45, 2.75) is 6.42 Å². The number of methoxy groups -OCH3 is 2. The van der Waals surface area contributed by atoms with Gasteiger partial charge in [0.25, 0.3) is 0 Å². The number of hydrogen-bond donors (Lipinski definition) is 0. The molecule has 0 radical (unpaired) electrons. The Bertz CT molecular complexity index is 754. The molecule has 3 rings (SSSR count). The van der Waals surface area contributed by atoms with Crippen LogP contribution in [0.5, 0.6) is 11.5 Å². The first kappa shape index (κ1) is 13.4. The van der Waals surface area contributed by atoms with Gasteiger partial charge >= 0.3 is 0 Å². The first-order valence-corrected chi connectivity index (χ1v) is 6.84. The second-order valence-electron chi connectivity index (χ2n) is 4.89. The van der Waals surface area contributed by atoms with E-state index in [9.17, 15) is 0 Å². The topological polar surface area (TPSA) is 31.4 Å². The second kappa shape index (κ2) is 5.83. The summed E-state index contributed by atoms with van der Waals surface area (Å²) in [5.74, 6) is 1.47. The maximum Gasteiger partial charge on any atom is 0.161 e. The fourth-order valence-electron chi connectivity index (χ4n) is 2.51. The molecule has 0 atom stereocenters. The molecule has 0 fully saturated rings. The minimum atomic E-state index is 0.726. The summed E-state index contributed by atoms with van der Waals surface area (Å²) in [6.07, 6.45) is 4.62. The molecule has 0 aliphatic carbocycles. The molecule has 0 bridgehead atoms. The lowest BCUT2D eigenvalue weighted by Crippen LogP contribution is -1.95. The zero-order chi connectivity index (χ0) is 14.7. The summed E-state index contributed by atoms with van der Waals surface area (Å²) in [6.45, 7) is 0. The number of hydrogen-bond acceptors (Lipinski definition) is 3. The van der Waals surface area contributed by atoms with Crippen LogP contribution in [0.4, 0.5) is 0 Å². The first-order chi connectivity index (χ1) is 10.3. The number of ether oxygens (including phenoxy) is 2. The lowest BCUT2D eigenvalue weighted by atomic mass is 10.0. The molecule has 0 saturated carbocycles. The molecule has 0 spiro atoms. The van der Waals surface area contributed by atoms with Crippen LogP contribution < -0.4 is 9.47 Å². The smallest absolute Gasteiger partial charge is 0.161 e. The molecule has 1 aromatic heterocycles. The van der Waals surface area contributed by atoms with Gasteiger partial charge < -0.3 is 9.47 Å². The Balaban J connectivity index is 2.10. The van der Waals surface area contributed by atoms with Crippen LogP contribution >= 0.6 is 0 Å². The lowest BCUT2D eigenvalue weighted by Gasteiger charge is -2.11. The molecule has 3 aromatic rings. The van der Waals surface area contributed by atoms with Crippen molar-refractivity contribution >= 4 is 10.8 Å². The van der Waals surface area contributed by atoms with E-state index in [0.29, 0.717) is 0 Å². The Hall–Kier alpha value is -2.55. The zero-order valence-electron chi connectivity index (χ0n) is 12.2. The van der Waals surface area contributed by atoms with Crippen LogP contribution in [0, 0.1) is 0 Å². The van der Waals surface area contributed by atoms with Crippen molar-refractivity contribution in [3.8, 4) is 11.5 Å². The van der Waals surface area contributed by atoms with Crippen LogP contribution in [0.1, 0.15) is 11.1 Å². The summed E-state index contributed by atoms with van der Waals surface area (Å²) in [6, 6.07) is 14.4. The van der Waals surface area contributed by atoms with Crippen LogP contribution in [0.3, 0.4) is 0 Å². The fraction of sp³-hybridized carbons (Fsp3) is 0.167.